The summed E-state index contributed by atoms with van der Waals surface area (Å²) < 4.78 is 5.94. The number of likely N-dealkylation sites (N-methyl/N-ethyl adjacent to an activating group) is 1. The zero-order valence-corrected chi connectivity index (χ0v) is 16.2. The number of likely N-dealkylation sites (tertiary alicyclic amines) is 1. The van der Waals surface area contributed by atoms with Gasteiger partial charge >= 0.3 is 0 Å². The van der Waals surface area contributed by atoms with Crippen LogP contribution in [0.15, 0.2) is 60.7 Å². The number of hydrogen-bond donors (Lipinski definition) is 0. The second-order valence-corrected chi connectivity index (χ2v) is 7.40. The third kappa shape index (κ3) is 5.33. The summed E-state index contributed by atoms with van der Waals surface area (Å²) in [6.07, 6.45) is 3.92. The largest absolute Gasteiger partial charge is 0.492 e. The molecule has 140 valence electrons. The maximum atomic E-state index is 5.94. The van der Waals surface area contributed by atoms with Crippen LogP contribution in [0.1, 0.15) is 31.7 Å². The van der Waals surface area contributed by atoms with Crippen molar-refractivity contribution in [3.8, 4) is 5.75 Å². The van der Waals surface area contributed by atoms with Gasteiger partial charge in [0, 0.05) is 25.2 Å². The van der Waals surface area contributed by atoms with Gasteiger partial charge in [0.05, 0.1) is 0 Å². The summed E-state index contributed by atoms with van der Waals surface area (Å²) in [6.45, 7) is 6.34. The molecular weight excluding hydrogens is 320 g/mol. The first-order valence-corrected chi connectivity index (χ1v) is 9.90. The van der Waals surface area contributed by atoms with E-state index in [-0.39, 0.29) is 0 Å². The number of piperidine rings is 1. The van der Waals surface area contributed by atoms with Gasteiger partial charge in [-0.25, -0.2) is 0 Å². The first-order chi connectivity index (χ1) is 12.7. The predicted octanol–water partition coefficient (Wildman–Crippen LogP) is 4.44. The van der Waals surface area contributed by atoms with Gasteiger partial charge in [0.2, 0.25) is 0 Å². The molecule has 2 aromatic carbocycles. The number of hydrogen-bond acceptors (Lipinski definition) is 3. The van der Waals surface area contributed by atoms with E-state index in [2.05, 4.69) is 54.1 Å². The van der Waals surface area contributed by atoms with Crippen molar-refractivity contribution in [3.05, 3.63) is 66.2 Å². The number of benzene rings is 2. The predicted molar refractivity (Wildman–Crippen MR) is 109 cm³/mol. The molecule has 1 saturated heterocycles. The van der Waals surface area contributed by atoms with Crippen LogP contribution in [0, 0.1) is 0 Å². The van der Waals surface area contributed by atoms with E-state index in [1.54, 1.807) is 0 Å². The van der Waals surface area contributed by atoms with Gasteiger partial charge in [-0.05, 0) is 51.1 Å². The average Bonchev–Trinajstić information content (AvgIpc) is 2.69. The minimum absolute atomic E-state index is 0.534. The minimum atomic E-state index is 0.534. The number of nitrogens with zero attached hydrogens (tertiary/aromatic N) is 2. The number of ether oxygens (including phenoxy) is 1. The van der Waals surface area contributed by atoms with Crippen LogP contribution in [-0.2, 0) is 6.54 Å². The van der Waals surface area contributed by atoms with E-state index in [4.69, 9.17) is 4.74 Å². The molecule has 0 bridgehead atoms. The lowest BCUT2D eigenvalue weighted by Gasteiger charge is -2.42. The molecule has 0 aromatic heterocycles. The smallest absolute Gasteiger partial charge is 0.119 e. The van der Waals surface area contributed by atoms with E-state index in [0.29, 0.717) is 12.1 Å². The highest BCUT2D eigenvalue weighted by molar-refractivity contribution is 5.20. The maximum Gasteiger partial charge on any atom is 0.119 e. The first kappa shape index (κ1) is 18.9. The van der Waals surface area contributed by atoms with Crippen molar-refractivity contribution in [1.29, 1.82) is 0 Å². The molecule has 0 aliphatic carbocycles. The van der Waals surface area contributed by atoms with Crippen molar-refractivity contribution in [1.82, 2.24) is 9.80 Å². The Kier molecular flexibility index (Phi) is 7.10. The summed E-state index contributed by atoms with van der Waals surface area (Å²) in [5, 5.41) is 0. The maximum absolute atomic E-state index is 5.94. The summed E-state index contributed by atoms with van der Waals surface area (Å²) in [7, 11) is 2.25. The van der Waals surface area contributed by atoms with Crippen LogP contribution < -0.4 is 4.74 Å². The molecule has 3 rings (SSSR count). The van der Waals surface area contributed by atoms with Crippen molar-refractivity contribution >= 4 is 0 Å². The molecule has 1 aliphatic heterocycles. The van der Waals surface area contributed by atoms with E-state index in [1.165, 1.54) is 31.4 Å². The highest BCUT2D eigenvalue weighted by Crippen LogP contribution is 2.23. The highest BCUT2D eigenvalue weighted by Gasteiger charge is 2.29. The van der Waals surface area contributed by atoms with Gasteiger partial charge in [-0.2, -0.15) is 0 Å². The van der Waals surface area contributed by atoms with Crippen molar-refractivity contribution < 1.29 is 4.74 Å². The molecule has 1 aliphatic rings. The molecule has 0 radical (unpaired) electrons. The lowest BCUT2D eigenvalue weighted by atomic mass is 9.95. The summed E-state index contributed by atoms with van der Waals surface area (Å²) in [5.41, 5.74) is 1.39. The highest BCUT2D eigenvalue weighted by atomic mass is 16.5. The number of para-hydroxylation sites is 1. The molecule has 0 spiro atoms. The Morgan fingerprint density at radius 1 is 1.04 bits per heavy atom. The topological polar surface area (TPSA) is 15.7 Å². The van der Waals surface area contributed by atoms with Crippen LogP contribution in [0.3, 0.4) is 0 Å². The zero-order valence-electron chi connectivity index (χ0n) is 16.2. The molecule has 2 aromatic rings. The van der Waals surface area contributed by atoms with E-state index >= 15 is 0 Å². The van der Waals surface area contributed by atoms with Crippen LogP contribution >= 0.6 is 0 Å². The fraction of sp³-hybridized carbons (Fsp3) is 0.478. The van der Waals surface area contributed by atoms with Gasteiger partial charge in [0.1, 0.15) is 12.4 Å². The Balaban J connectivity index is 1.53. The lowest BCUT2D eigenvalue weighted by molar-refractivity contribution is 0.0584. The van der Waals surface area contributed by atoms with Gasteiger partial charge in [-0.3, -0.25) is 9.80 Å². The Labute approximate surface area is 158 Å². The van der Waals surface area contributed by atoms with Gasteiger partial charge in [-0.1, -0.05) is 55.0 Å². The van der Waals surface area contributed by atoms with Crippen molar-refractivity contribution in [2.75, 3.05) is 26.7 Å². The van der Waals surface area contributed by atoms with E-state index in [1.807, 2.05) is 30.3 Å². The van der Waals surface area contributed by atoms with Crippen LogP contribution in [0.2, 0.25) is 0 Å². The third-order valence-electron chi connectivity index (χ3n) is 5.58. The fourth-order valence-corrected chi connectivity index (χ4v) is 3.95. The molecule has 2 unspecified atom stereocenters. The fourth-order valence-electron chi connectivity index (χ4n) is 3.95. The molecular formula is C23H32N2O. The van der Waals surface area contributed by atoms with Gasteiger partial charge < -0.3 is 4.74 Å². The molecule has 3 heteroatoms. The van der Waals surface area contributed by atoms with E-state index in [0.717, 1.165) is 25.4 Å². The monoisotopic (exact) mass is 352 g/mol. The molecule has 26 heavy (non-hydrogen) atoms. The van der Waals surface area contributed by atoms with Gasteiger partial charge in [0.25, 0.3) is 0 Å². The molecule has 3 nitrogen and oxygen atoms in total. The van der Waals surface area contributed by atoms with Crippen molar-refractivity contribution in [2.45, 2.75) is 44.8 Å². The Bertz CT molecular complexity index is 631. The first-order valence-electron chi connectivity index (χ1n) is 9.90. The standard InChI is InChI=1S/C23H32N2O/c1-20(24(2)19-21-11-5-3-6-12-21)23-15-9-10-16-25(23)17-18-26-22-13-7-4-8-14-22/h3-8,11-14,20,23H,9-10,15-19H2,1-2H3. The average molecular weight is 353 g/mol. The summed E-state index contributed by atoms with van der Waals surface area (Å²) in [4.78, 5) is 5.13. The molecule has 0 N–H and O–H groups in total. The van der Waals surface area contributed by atoms with Crippen LogP contribution in [0.4, 0.5) is 0 Å². The Morgan fingerprint density at radius 3 is 2.46 bits per heavy atom. The minimum Gasteiger partial charge on any atom is -0.492 e. The van der Waals surface area contributed by atoms with Crippen LogP contribution in [0.25, 0.3) is 0 Å². The molecule has 0 amide bonds. The normalized spacial score (nSPS) is 19.4. The van der Waals surface area contributed by atoms with Crippen LogP contribution in [-0.4, -0.2) is 48.6 Å². The Morgan fingerprint density at radius 2 is 1.73 bits per heavy atom. The number of rotatable bonds is 8. The quantitative estimate of drug-likeness (QED) is 0.698. The van der Waals surface area contributed by atoms with E-state index < -0.39 is 0 Å². The van der Waals surface area contributed by atoms with Gasteiger partial charge in [-0.15, -0.1) is 0 Å². The Hall–Kier alpha value is -1.84. The zero-order chi connectivity index (χ0) is 18.2. The summed E-state index contributed by atoms with van der Waals surface area (Å²) >= 11 is 0. The third-order valence-corrected chi connectivity index (χ3v) is 5.58. The lowest BCUT2D eigenvalue weighted by Crippen LogP contribution is -2.52. The summed E-state index contributed by atoms with van der Waals surface area (Å²) in [5.74, 6) is 0.968. The molecule has 0 saturated carbocycles. The molecule has 1 fully saturated rings. The van der Waals surface area contributed by atoms with Crippen molar-refractivity contribution in [2.24, 2.45) is 0 Å². The van der Waals surface area contributed by atoms with Crippen molar-refractivity contribution in [3.63, 3.8) is 0 Å². The summed E-state index contributed by atoms with van der Waals surface area (Å²) in [6, 6.07) is 22.1. The second kappa shape index (κ2) is 9.75. The molecule has 1 heterocycles. The van der Waals surface area contributed by atoms with Crippen LogP contribution in [0.5, 0.6) is 5.75 Å². The molecule has 2 atom stereocenters. The van der Waals surface area contributed by atoms with Gasteiger partial charge in [0.15, 0.2) is 0 Å². The second-order valence-electron chi connectivity index (χ2n) is 7.40. The SMILES string of the molecule is CC(C1CCCCN1CCOc1ccccc1)N(C)Cc1ccccc1. The van der Waals surface area contributed by atoms with E-state index in [9.17, 15) is 0 Å².